The standard InChI is InChI=1S/C17H25N5O2/c1-12-2-4-13(5-3-12)16(23)20-9-15(10-20)22-11-14(8-19-22)21-7-6-18-17(21)24/h8,11-13,15H,2-7,9-10H2,1H3,(H,18,24). The summed E-state index contributed by atoms with van der Waals surface area (Å²) in [5, 5.41) is 7.18. The van der Waals surface area contributed by atoms with E-state index in [2.05, 4.69) is 17.3 Å². The monoisotopic (exact) mass is 331 g/mol. The second kappa shape index (κ2) is 6.11. The Morgan fingerprint density at radius 3 is 2.67 bits per heavy atom. The van der Waals surface area contributed by atoms with Gasteiger partial charge in [0.1, 0.15) is 0 Å². The van der Waals surface area contributed by atoms with Gasteiger partial charge in [-0.2, -0.15) is 5.10 Å². The molecule has 3 amide bonds. The molecule has 7 heteroatoms. The third-order valence-corrected chi connectivity index (χ3v) is 5.67. The number of anilines is 1. The maximum absolute atomic E-state index is 12.6. The van der Waals surface area contributed by atoms with Crippen LogP contribution in [0.5, 0.6) is 0 Å². The fraction of sp³-hybridized carbons (Fsp3) is 0.706. The number of rotatable bonds is 3. The average molecular weight is 331 g/mol. The van der Waals surface area contributed by atoms with Gasteiger partial charge in [0.15, 0.2) is 0 Å². The molecule has 0 aromatic carbocycles. The summed E-state index contributed by atoms with van der Waals surface area (Å²) >= 11 is 0. The second-order valence-electron chi connectivity index (χ2n) is 7.42. The minimum Gasteiger partial charge on any atom is -0.338 e. The highest BCUT2D eigenvalue weighted by atomic mass is 16.2. The summed E-state index contributed by atoms with van der Waals surface area (Å²) in [6.45, 7) is 5.10. The predicted octanol–water partition coefficient (Wildman–Crippen LogP) is 1.62. The van der Waals surface area contributed by atoms with Crippen molar-refractivity contribution in [2.75, 3.05) is 31.1 Å². The minimum absolute atomic E-state index is 0.0634. The number of amides is 3. The zero-order valence-corrected chi connectivity index (χ0v) is 14.1. The van der Waals surface area contributed by atoms with Crippen molar-refractivity contribution in [3.63, 3.8) is 0 Å². The average Bonchev–Trinajstić information content (AvgIpc) is 3.15. The molecule has 3 fully saturated rings. The van der Waals surface area contributed by atoms with E-state index in [0.29, 0.717) is 19.0 Å². The fourth-order valence-electron chi connectivity index (χ4n) is 3.95. The van der Waals surface area contributed by atoms with Crippen LogP contribution in [0.1, 0.15) is 38.6 Å². The highest BCUT2D eigenvalue weighted by Gasteiger charge is 2.37. The third kappa shape index (κ3) is 2.76. The van der Waals surface area contributed by atoms with Crippen molar-refractivity contribution < 1.29 is 9.59 Å². The van der Waals surface area contributed by atoms with Crippen molar-refractivity contribution in [2.45, 2.75) is 38.6 Å². The topological polar surface area (TPSA) is 70.5 Å². The summed E-state index contributed by atoms with van der Waals surface area (Å²) < 4.78 is 1.90. The molecule has 3 aliphatic rings. The molecule has 0 bridgehead atoms. The lowest BCUT2D eigenvalue weighted by Gasteiger charge is -2.42. The van der Waals surface area contributed by atoms with E-state index in [0.717, 1.165) is 37.5 Å². The van der Waals surface area contributed by atoms with Gasteiger partial charge in [-0.3, -0.25) is 14.4 Å². The molecule has 130 valence electrons. The van der Waals surface area contributed by atoms with Crippen LogP contribution in [0.25, 0.3) is 0 Å². The van der Waals surface area contributed by atoms with E-state index < -0.39 is 0 Å². The van der Waals surface area contributed by atoms with Gasteiger partial charge in [0.05, 0.1) is 17.9 Å². The Morgan fingerprint density at radius 1 is 1.25 bits per heavy atom. The maximum Gasteiger partial charge on any atom is 0.322 e. The van der Waals surface area contributed by atoms with Crippen molar-refractivity contribution in [3.8, 4) is 0 Å². The Bertz CT molecular complexity index is 629. The van der Waals surface area contributed by atoms with E-state index in [1.807, 2.05) is 15.8 Å². The van der Waals surface area contributed by atoms with Crippen LogP contribution in [0.4, 0.5) is 10.5 Å². The molecule has 0 spiro atoms. The van der Waals surface area contributed by atoms with Gasteiger partial charge in [-0.15, -0.1) is 0 Å². The van der Waals surface area contributed by atoms with Crippen LogP contribution >= 0.6 is 0 Å². The van der Waals surface area contributed by atoms with Gasteiger partial charge in [0.25, 0.3) is 0 Å². The lowest BCUT2D eigenvalue weighted by atomic mass is 9.82. The van der Waals surface area contributed by atoms with E-state index in [4.69, 9.17) is 0 Å². The van der Waals surface area contributed by atoms with Crippen LogP contribution < -0.4 is 10.2 Å². The van der Waals surface area contributed by atoms with Gasteiger partial charge in [-0.05, 0) is 31.6 Å². The normalized spacial score (nSPS) is 28.0. The summed E-state index contributed by atoms with van der Waals surface area (Å²) in [5.74, 6) is 1.32. The molecule has 24 heavy (non-hydrogen) atoms. The van der Waals surface area contributed by atoms with E-state index >= 15 is 0 Å². The molecule has 1 aliphatic carbocycles. The Morgan fingerprint density at radius 2 is 2.00 bits per heavy atom. The number of nitrogens with zero attached hydrogens (tertiary/aromatic N) is 4. The summed E-state index contributed by atoms with van der Waals surface area (Å²) in [7, 11) is 0. The van der Waals surface area contributed by atoms with Crippen LogP contribution in [0, 0.1) is 11.8 Å². The molecular weight excluding hydrogens is 306 g/mol. The first-order chi connectivity index (χ1) is 11.6. The molecular formula is C17H25N5O2. The Kier molecular flexibility index (Phi) is 3.94. The molecule has 7 nitrogen and oxygen atoms in total. The van der Waals surface area contributed by atoms with Crippen molar-refractivity contribution >= 4 is 17.6 Å². The molecule has 1 aromatic heterocycles. The Balaban J connectivity index is 1.32. The summed E-state index contributed by atoms with van der Waals surface area (Å²) in [6.07, 6.45) is 8.08. The van der Waals surface area contributed by atoms with Gasteiger partial charge >= 0.3 is 6.03 Å². The number of urea groups is 1. The lowest BCUT2D eigenvalue weighted by Crippen LogP contribution is -2.53. The number of hydrogen-bond donors (Lipinski definition) is 1. The zero-order chi connectivity index (χ0) is 16.7. The number of nitrogens with one attached hydrogen (secondary N) is 1. The first-order valence-electron chi connectivity index (χ1n) is 9.00. The molecule has 0 radical (unpaired) electrons. The molecule has 0 atom stereocenters. The number of carbonyl (C=O) groups is 2. The summed E-state index contributed by atoms with van der Waals surface area (Å²) in [6, 6.07) is 0.169. The zero-order valence-electron chi connectivity index (χ0n) is 14.1. The van der Waals surface area contributed by atoms with Gasteiger partial charge in [-0.1, -0.05) is 6.92 Å². The van der Waals surface area contributed by atoms with Gasteiger partial charge in [0.2, 0.25) is 5.91 Å². The Labute approximate surface area is 142 Å². The minimum atomic E-state index is -0.0634. The van der Waals surface area contributed by atoms with Gasteiger partial charge < -0.3 is 10.2 Å². The highest BCUT2D eigenvalue weighted by Crippen LogP contribution is 2.32. The largest absolute Gasteiger partial charge is 0.338 e. The van der Waals surface area contributed by atoms with Gasteiger partial charge in [0, 0.05) is 38.3 Å². The second-order valence-corrected chi connectivity index (χ2v) is 7.42. The Hall–Kier alpha value is -2.05. The fourth-order valence-corrected chi connectivity index (χ4v) is 3.95. The van der Waals surface area contributed by atoms with E-state index in [-0.39, 0.29) is 18.0 Å². The molecule has 4 rings (SSSR count). The molecule has 2 aliphatic heterocycles. The van der Waals surface area contributed by atoms with Crippen molar-refractivity contribution in [2.24, 2.45) is 11.8 Å². The smallest absolute Gasteiger partial charge is 0.322 e. The van der Waals surface area contributed by atoms with Crippen LogP contribution in [0.15, 0.2) is 12.4 Å². The molecule has 2 saturated heterocycles. The SMILES string of the molecule is CC1CCC(C(=O)N2CC(n3cc(N4CCNC4=O)cn3)C2)CC1. The summed E-state index contributed by atoms with van der Waals surface area (Å²) in [5.41, 5.74) is 0.830. The van der Waals surface area contributed by atoms with E-state index in [1.165, 1.54) is 12.8 Å². The molecule has 3 heterocycles. The molecule has 1 aromatic rings. The van der Waals surface area contributed by atoms with Crippen LogP contribution in [0.3, 0.4) is 0 Å². The van der Waals surface area contributed by atoms with Crippen LogP contribution in [0.2, 0.25) is 0 Å². The number of carbonyl (C=O) groups excluding carboxylic acids is 2. The number of hydrogen-bond acceptors (Lipinski definition) is 3. The summed E-state index contributed by atoms with van der Waals surface area (Å²) in [4.78, 5) is 27.9. The molecule has 1 saturated carbocycles. The van der Waals surface area contributed by atoms with Crippen molar-refractivity contribution in [1.29, 1.82) is 0 Å². The van der Waals surface area contributed by atoms with Crippen LogP contribution in [-0.2, 0) is 4.79 Å². The number of likely N-dealkylation sites (tertiary alicyclic amines) is 1. The maximum atomic E-state index is 12.6. The van der Waals surface area contributed by atoms with Crippen molar-refractivity contribution in [3.05, 3.63) is 12.4 Å². The molecule has 1 N–H and O–H groups in total. The third-order valence-electron chi connectivity index (χ3n) is 5.67. The molecule has 0 unspecified atom stereocenters. The quantitative estimate of drug-likeness (QED) is 0.915. The first-order valence-corrected chi connectivity index (χ1v) is 9.00. The van der Waals surface area contributed by atoms with Crippen LogP contribution in [-0.4, -0.2) is 52.8 Å². The van der Waals surface area contributed by atoms with Crippen molar-refractivity contribution in [1.82, 2.24) is 20.0 Å². The lowest BCUT2D eigenvalue weighted by molar-refractivity contribution is -0.143. The first kappa shape index (κ1) is 15.5. The van der Waals surface area contributed by atoms with E-state index in [9.17, 15) is 9.59 Å². The number of aromatic nitrogens is 2. The predicted molar refractivity (Wildman–Crippen MR) is 89.7 cm³/mol. The van der Waals surface area contributed by atoms with E-state index in [1.54, 1.807) is 11.1 Å². The highest BCUT2D eigenvalue weighted by molar-refractivity contribution is 5.93. The van der Waals surface area contributed by atoms with Gasteiger partial charge in [-0.25, -0.2) is 4.79 Å².